The van der Waals surface area contributed by atoms with Crippen LogP contribution in [0.1, 0.15) is 52.6 Å². The first kappa shape index (κ1) is 24.4. The first-order chi connectivity index (χ1) is 17.0. The van der Waals surface area contributed by atoms with Crippen molar-refractivity contribution in [1.29, 1.82) is 0 Å². The van der Waals surface area contributed by atoms with Crippen LogP contribution in [0.2, 0.25) is 0 Å². The lowest BCUT2D eigenvalue weighted by Gasteiger charge is -2.22. The highest BCUT2D eigenvalue weighted by Gasteiger charge is 2.26. The van der Waals surface area contributed by atoms with Gasteiger partial charge in [0, 0.05) is 12.5 Å². The Bertz CT molecular complexity index is 1330. The lowest BCUT2D eigenvalue weighted by atomic mass is 9.84. The minimum atomic E-state index is -0.311. The number of carbonyl (C=O) groups excluding carboxylic acids is 1. The molecule has 0 amide bonds. The summed E-state index contributed by atoms with van der Waals surface area (Å²) in [6.45, 7) is 6.77. The van der Waals surface area contributed by atoms with Gasteiger partial charge in [-0.3, -0.25) is 4.79 Å². The average molecular weight is 474 g/mol. The highest BCUT2D eigenvalue weighted by atomic mass is 16.5. The highest BCUT2D eigenvalue weighted by molar-refractivity contribution is 5.86. The lowest BCUT2D eigenvalue weighted by molar-refractivity contribution is -0.145. The van der Waals surface area contributed by atoms with Crippen molar-refractivity contribution in [1.82, 2.24) is 15.0 Å². The van der Waals surface area contributed by atoms with Crippen LogP contribution in [-0.2, 0) is 29.3 Å². The number of carbonyl (C=O) groups is 1. The van der Waals surface area contributed by atoms with E-state index in [0.29, 0.717) is 12.3 Å². The molecule has 182 valence electrons. The number of fused-ring (bicyclic) bond motifs is 1. The first-order valence-electron chi connectivity index (χ1n) is 11.8. The predicted octanol–water partition coefficient (Wildman–Crippen LogP) is 4.83. The summed E-state index contributed by atoms with van der Waals surface area (Å²) >= 11 is 0. The number of nitrogens with zero attached hydrogens (tertiary/aromatic N) is 3. The zero-order valence-corrected chi connectivity index (χ0v) is 20.6. The number of hydrogen-bond donors (Lipinski definition) is 1. The zero-order chi connectivity index (χ0) is 24.9. The fourth-order valence-corrected chi connectivity index (χ4v) is 4.45. The zero-order valence-electron chi connectivity index (χ0n) is 20.6. The van der Waals surface area contributed by atoms with E-state index in [-0.39, 0.29) is 31.5 Å². The molecule has 0 aliphatic heterocycles. The van der Waals surface area contributed by atoms with E-state index in [9.17, 15) is 9.90 Å². The van der Waals surface area contributed by atoms with Gasteiger partial charge in [0.1, 0.15) is 23.4 Å². The Morgan fingerprint density at radius 1 is 1.11 bits per heavy atom. The van der Waals surface area contributed by atoms with Gasteiger partial charge < -0.3 is 14.6 Å². The Morgan fingerprint density at radius 2 is 1.89 bits per heavy atom. The van der Waals surface area contributed by atoms with Crippen LogP contribution < -0.4 is 4.74 Å². The van der Waals surface area contributed by atoms with Gasteiger partial charge in [-0.25, -0.2) is 4.68 Å². The molecule has 4 aromatic rings. The Morgan fingerprint density at radius 3 is 2.57 bits per heavy atom. The number of aromatic nitrogens is 3. The summed E-state index contributed by atoms with van der Waals surface area (Å²) < 4.78 is 13.2. The van der Waals surface area contributed by atoms with E-state index in [1.54, 1.807) is 7.11 Å². The number of aliphatic hydroxyl groups is 1. The van der Waals surface area contributed by atoms with Gasteiger partial charge in [-0.15, -0.1) is 5.10 Å². The van der Waals surface area contributed by atoms with Crippen molar-refractivity contribution in [2.24, 2.45) is 0 Å². The number of aryl methyl sites for hydroxylation is 3. The molecule has 0 saturated carbocycles. The number of benzene rings is 3. The molecule has 7 nitrogen and oxygen atoms in total. The van der Waals surface area contributed by atoms with E-state index in [4.69, 9.17) is 9.47 Å². The molecule has 35 heavy (non-hydrogen) atoms. The molecular formula is C28H31N3O4. The molecule has 1 N–H and O–H groups in total. The normalized spacial score (nSPS) is 12.0. The summed E-state index contributed by atoms with van der Waals surface area (Å²) in [7, 11) is 1.62. The quantitative estimate of drug-likeness (QED) is 0.350. The maximum Gasteiger partial charge on any atom is 0.307 e. The fraction of sp³-hybridized carbons (Fsp3) is 0.321. The second kappa shape index (κ2) is 10.7. The van der Waals surface area contributed by atoms with E-state index >= 15 is 0 Å². The number of hydrogen-bond acceptors (Lipinski definition) is 6. The van der Waals surface area contributed by atoms with Crippen molar-refractivity contribution < 1.29 is 19.4 Å². The molecule has 0 radical (unpaired) electrons. The van der Waals surface area contributed by atoms with E-state index in [1.165, 1.54) is 0 Å². The number of rotatable bonds is 9. The van der Waals surface area contributed by atoms with Crippen LogP contribution in [0.5, 0.6) is 5.75 Å². The molecule has 7 heteroatoms. The Hall–Kier alpha value is -3.71. The third kappa shape index (κ3) is 5.05. The molecule has 1 heterocycles. The summed E-state index contributed by atoms with van der Waals surface area (Å²) in [5, 5.41) is 18.6. The van der Waals surface area contributed by atoms with Gasteiger partial charge in [0.05, 0.1) is 20.1 Å². The van der Waals surface area contributed by atoms with Crippen molar-refractivity contribution in [3.05, 3.63) is 88.0 Å². The Balaban J connectivity index is 1.76. The lowest BCUT2D eigenvalue weighted by Crippen LogP contribution is -2.14. The van der Waals surface area contributed by atoms with E-state index < -0.39 is 0 Å². The van der Waals surface area contributed by atoms with Gasteiger partial charge in [0.2, 0.25) is 0 Å². The molecule has 4 rings (SSSR count). The van der Waals surface area contributed by atoms with Crippen molar-refractivity contribution >= 4 is 17.0 Å². The van der Waals surface area contributed by atoms with Gasteiger partial charge in [0.15, 0.2) is 0 Å². The second-order valence-corrected chi connectivity index (χ2v) is 8.64. The first-order valence-corrected chi connectivity index (χ1v) is 11.8. The number of methoxy groups -OCH3 is 1. The third-order valence-electron chi connectivity index (χ3n) is 6.50. The van der Waals surface area contributed by atoms with Crippen molar-refractivity contribution in [3.63, 3.8) is 0 Å². The minimum absolute atomic E-state index is 0.0724. The van der Waals surface area contributed by atoms with Crippen LogP contribution in [0.25, 0.3) is 11.0 Å². The Labute approximate surface area is 205 Å². The predicted molar refractivity (Wildman–Crippen MR) is 134 cm³/mol. The summed E-state index contributed by atoms with van der Waals surface area (Å²) in [6, 6.07) is 17.5. The summed E-state index contributed by atoms with van der Waals surface area (Å²) in [4.78, 5) is 13.0. The highest BCUT2D eigenvalue weighted by Crippen LogP contribution is 2.38. The van der Waals surface area contributed by atoms with Crippen LogP contribution in [0.3, 0.4) is 0 Å². The Kier molecular flexibility index (Phi) is 7.46. The minimum Gasteiger partial charge on any atom is -0.494 e. The molecule has 1 aromatic heterocycles. The molecule has 3 aromatic carbocycles. The molecular weight excluding hydrogens is 442 g/mol. The molecule has 0 fully saturated rings. The molecule has 0 aliphatic carbocycles. The fourth-order valence-electron chi connectivity index (χ4n) is 4.45. The largest absolute Gasteiger partial charge is 0.494 e. The van der Waals surface area contributed by atoms with Gasteiger partial charge in [-0.1, -0.05) is 53.7 Å². The second-order valence-electron chi connectivity index (χ2n) is 8.64. The van der Waals surface area contributed by atoms with Gasteiger partial charge >= 0.3 is 5.97 Å². The topological polar surface area (TPSA) is 86.5 Å². The van der Waals surface area contributed by atoms with Gasteiger partial charge in [0.25, 0.3) is 0 Å². The van der Waals surface area contributed by atoms with Crippen LogP contribution in [0, 0.1) is 13.8 Å². The van der Waals surface area contributed by atoms with Crippen LogP contribution in [0.4, 0.5) is 0 Å². The SMILES string of the molecule is CCn1nnc2c(C)c([C@@H](CC(=O)OCc3ccccc3)c3ccc(C)c(CO)c3)cc(OC)c21. The summed E-state index contributed by atoms with van der Waals surface area (Å²) in [6.07, 6.45) is 0.137. The number of esters is 1. The van der Waals surface area contributed by atoms with Crippen LogP contribution in [-0.4, -0.2) is 33.2 Å². The van der Waals surface area contributed by atoms with E-state index in [2.05, 4.69) is 10.3 Å². The van der Waals surface area contributed by atoms with Crippen molar-refractivity contribution in [2.75, 3.05) is 7.11 Å². The smallest absolute Gasteiger partial charge is 0.307 e. The van der Waals surface area contributed by atoms with Crippen LogP contribution in [0.15, 0.2) is 54.6 Å². The molecule has 0 spiro atoms. The summed E-state index contributed by atoms with van der Waals surface area (Å²) in [5.74, 6) is 0.0412. The standard InChI is InChI=1S/C28H31N3O4/c1-5-31-28-25(34-4)14-23(19(3)27(28)29-30-31)24(21-12-11-18(2)22(13-21)16-32)15-26(33)35-17-20-9-7-6-8-10-20/h6-14,24,32H,5,15-17H2,1-4H3/t24-/m0/s1. The maximum atomic E-state index is 13.0. The molecule has 0 aliphatic rings. The van der Waals surface area contributed by atoms with E-state index in [1.807, 2.05) is 80.1 Å². The van der Waals surface area contributed by atoms with Gasteiger partial charge in [-0.2, -0.15) is 0 Å². The third-order valence-corrected chi connectivity index (χ3v) is 6.50. The number of ether oxygens (including phenoxy) is 2. The van der Waals surface area contributed by atoms with Crippen molar-refractivity contribution in [3.8, 4) is 5.75 Å². The number of aliphatic hydroxyl groups excluding tert-OH is 1. The molecule has 0 saturated heterocycles. The van der Waals surface area contributed by atoms with E-state index in [0.717, 1.165) is 44.4 Å². The monoisotopic (exact) mass is 473 g/mol. The molecule has 0 unspecified atom stereocenters. The van der Waals surface area contributed by atoms with Gasteiger partial charge in [-0.05, 0) is 60.2 Å². The molecule has 1 atom stereocenters. The summed E-state index contributed by atoms with van der Waals surface area (Å²) in [5.41, 5.74) is 7.12. The molecule has 0 bridgehead atoms. The maximum absolute atomic E-state index is 13.0. The van der Waals surface area contributed by atoms with Crippen molar-refractivity contribution in [2.45, 2.75) is 52.9 Å². The average Bonchev–Trinajstić information content (AvgIpc) is 3.33. The van der Waals surface area contributed by atoms with Crippen LogP contribution >= 0.6 is 0 Å².